The maximum atomic E-state index is 12.7. The maximum Gasteiger partial charge on any atom is 0.243 e. The van der Waals surface area contributed by atoms with E-state index in [4.69, 9.17) is 4.74 Å². The molecule has 7 heteroatoms. The van der Waals surface area contributed by atoms with E-state index < -0.39 is 15.6 Å². The van der Waals surface area contributed by atoms with Crippen molar-refractivity contribution in [1.29, 1.82) is 0 Å². The predicted molar refractivity (Wildman–Crippen MR) is 96.9 cm³/mol. The molecule has 25 heavy (non-hydrogen) atoms. The van der Waals surface area contributed by atoms with Crippen molar-refractivity contribution in [2.24, 2.45) is 0 Å². The van der Waals surface area contributed by atoms with Crippen LogP contribution in [0.2, 0.25) is 0 Å². The molecule has 1 unspecified atom stereocenters. The summed E-state index contributed by atoms with van der Waals surface area (Å²) in [6.45, 7) is 10.3. The van der Waals surface area contributed by atoms with Crippen LogP contribution < -0.4 is 0 Å². The summed E-state index contributed by atoms with van der Waals surface area (Å²) in [5.41, 5.74) is 1.51. The van der Waals surface area contributed by atoms with E-state index >= 15 is 0 Å². The lowest BCUT2D eigenvalue weighted by Gasteiger charge is -2.42. The summed E-state index contributed by atoms with van der Waals surface area (Å²) in [6, 6.07) is 5.01. The minimum atomic E-state index is -3.70. The lowest BCUT2D eigenvalue weighted by molar-refractivity contribution is -0.158. The standard InChI is InChI=1S/C18H28N2O4S/c1-13-7-8-16(9-14(13)2)25(22,23)19(6)11-17(21)20-10-15(3)24-18(4,5)12-20/h7-9,15H,10-12H2,1-6H3. The Bertz CT molecular complexity index is 758. The zero-order valence-corrected chi connectivity index (χ0v) is 16.7. The van der Waals surface area contributed by atoms with Gasteiger partial charge in [-0.15, -0.1) is 0 Å². The third kappa shape index (κ3) is 4.59. The molecule has 1 atom stereocenters. The first-order valence-electron chi connectivity index (χ1n) is 8.41. The normalized spacial score (nSPS) is 20.8. The number of aryl methyl sites for hydroxylation is 2. The van der Waals surface area contributed by atoms with Crippen LogP contribution in [0.3, 0.4) is 0 Å². The Morgan fingerprint density at radius 2 is 1.96 bits per heavy atom. The van der Waals surface area contributed by atoms with Crippen LogP contribution >= 0.6 is 0 Å². The van der Waals surface area contributed by atoms with Crippen LogP contribution in [0.25, 0.3) is 0 Å². The van der Waals surface area contributed by atoms with E-state index in [-0.39, 0.29) is 23.5 Å². The Hall–Kier alpha value is -1.44. The number of rotatable bonds is 4. The topological polar surface area (TPSA) is 66.9 Å². The zero-order valence-electron chi connectivity index (χ0n) is 15.9. The van der Waals surface area contributed by atoms with Gasteiger partial charge in [0.05, 0.1) is 23.1 Å². The fraction of sp³-hybridized carbons (Fsp3) is 0.611. The number of nitrogens with zero attached hydrogens (tertiary/aromatic N) is 2. The van der Waals surface area contributed by atoms with Crippen molar-refractivity contribution in [2.75, 3.05) is 26.7 Å². The van der Waals surface area contributed by atoms with Gasteiger partial charge >= 0.3 is 0 Å². The molecule has 0 spiro atoms. The summed E-state index contributed by atoms with van der Waals surface area (Å²) >= 11 is 0. The van der Waals surface area contributed by atoms with Gasteiger partial charge in [0, 0.05) is 20.1 Å². The van der Waals surface area contributed by atoms with Gasteiger partial charge in [0.15, 0.2) is 0 Å². The van der Waals surface area contributed by atoms with Gasteiger partial charge in [0.1, 0.15) is 0 Å². The Morgan fingerprint density at radius 3 is 2.52 bits per heavy atom. The Labute approximate surface area is 150 Å². The second-order valence-electron chi connectivity index (χ2n) is 7.47. The van der Waals surface area contributed by atoms with E-state index in [0.717, 1.165) is 15.4 Å². The fourth-order valence-corrected chi connectivity index (χ4v) is 4.28. The molecule has 2 rings (SSSR count). The van der Waals surface area contributed by atoms with E-state index in [1.807, 2.05) is 34.6 Å². The molecule has 1 saturated heterocycles. The van der Waals surface area contributed by atoms with Gasteiger partial charge in [-0.25, -0.2) is 8.42 Å². The monoisotopic (exact) mass is 368 g/mol. The number of sulfonamides is 1. The van der Waals surface area contributed by atoms with Crippen molar-refractivity contribution in [3.05, 3.63) is 29.3 Å². The summed E-state index contributed by atoms with van der Waals surface area (Å²) in [6.07, 6.45) is -0.0747. The number of morpholine rings is 1. The molecular weight excluding hydrogens is 340 g/mol. The highest BCUT2D eigenvalue weighted by molar-refractivity contribution is 7.89. The number of hydrogen-bond acceptors (Lipinski definition) is 4. The van der Waals surface area contributed by atoms with Crippen LogP contribution in [0.15, 0.2) is 23.1 Å². The lowest BCUT2D eigenvalue weighted by Crippen LogP contribution is -2.55. The summed E-state index contributed by atoms with van der Waals surface area (Å²) in [7, 11) is -2.26. The largest absolute Gasteiger partial charge is 0.369 e. The smallest absolute Gasteiger partial charge is 0.243 e. The highest BCUT2D eigenvalue weighted by Gasteiger charge is 2.35. The highest BCUT2D eigenvalue weighted by atomic mass is 32.2. The number of benzene rings is 1. The molecular formula is C18H28N2O4S. The van der Waals surface area contributed by atoms with Crippen molar-refractivity contribution < 1.29 is 17.9 Å². The van der Waals surface area contributed by atoms with Crippen LogP contribution in [-0.2, 0) is 19.6 Å². The molecule has 0 bridgehead atoms. The molecule has 0 aromatic heterocycles. The fourth-order valence-electron chi connectivity index (χ4n) is 3.07. The van der Waals surface area contributed by atoms with Gasteiger partial charge < -0.3 is 9.64 Å². The average Bonchev–Trinajstić information content (AvgIpc) is 2.47. The number of amides is 1. The number of carbonyl (C=O) groups is 1. The van der Waals surface area contributed by atoms with Gasteiger partial charge in [-0.05, 0) is 57.9 Å². The van der Waals surface area contributed by atoms with Crippen LogP contribution in [0, 0.1) is 13.8 Å². The first-order chi connectivity index (χ1) is 11.4. The molecule has 6 nitrogen and oxygen atoms in total. The van der Waals surface area contributed by atoms with Crippen molar-refractivity contribution in [3.8, 4) is 0 Å². The Kier molecular flexibility index (Phi) is 5.61. The molecule has 0 radical (unpaired) electrons. The second-order valence-corrected chi connectivity index (χ2v) is 9.51. The van der Waals surface area contributed by atoms with E-state index in [1.54, 1.807) is 23.1 Å². The van der Waals surface area contributed by atoms with Crippen molar-refractivity contribution >= 4 is 15.9 Å². The average molecular weight is 368 g/mol. The third-order valence-electron chi connectivity index (χ3n) is 4.47. The minimum Gasteiger partial charge on any atom is -0.369 e. The first kappa shape index (κ1) is 19.9. The van der Waals surface area contributed by atoms with Crippen LogP contribution in [0.4, 0.5) is 0 Å². The van der Waals surface area contributed by atoms with Gasteiger partial charge in [0.2, 0.25) is 15.9 Å². The molecule has 1 aromatic carbocycles. The number of ether oxygens (including phenoxy) is 1. The zero-order chi connectivity index (χ0) is 19.0. The molecule has 140 valence electrons. The van der Waals surface area contributed by atoms with Gasteiger partial charge in [0.25, 0.3) is 0 Å². The second kappa shape index (κ2) is 7.05. The summed E-state index contributed by atoms with van der Waals surface area (Å²) < 4.78 is 32.4. The molecule has 0 N–H and O–H groups in total. The molecule has 1 heterocycles. The van der Waals surface area contributed by atoms with Crippen LogP contribution in [0.5, 0.6) is 0 Å². The number of carbonyl (C=O) groups excluding carboxylic acids is 1. The molecule has 1 aliphatic heterocycles. The highest BCUT2D eigenvalue weighted by Crippen LogP contribution is 2.22. The molecule has 1 amide bonds. The molecule has 0 aliphatic carbocycles. The summed E-state index contributed by atoms with van der Waals surface area (Å²) in [5, 5.41) is 0. The van der Waals surface area contributed by atoms with Crippen molar-refractivity contribution in [1.82, 2.24) is 9.21 Å². The number of likely N-dealkylation sites (N-methyl/N-ethyl adjacent to an activating group) is 1. The molecule has 1 aromatic rings. The van der Waals surface area contributed by atoms with Crippen molar-refractivity contribution in [3.63, 3.8) is 0 Å². The van der Waals surface area contributed by atoms with E-state index in [2.05, 4.69) is 0 Å². The third-order valence-corrected chi connectivity index (χ3v) is 6.27. The Morgan fingerprint density at radius 1 is 1.32 bits per heavy atom. The summed E-state index contributed by atoms with van der Waals surface area (Å²) in [4.78, 5) is 14.5. The van der Waals surface area contributed by atoms with Gasteiger partial charge in [-0.1, -0.05) is 6.07 Å². The lowest BCUT2D eigenvalue weighted by atomic mass is 10.1. The minimum absolute atomic E-state index is 0.0747. The van der Waals surface area contributed by atoms with Crippen LogP contribution in [-0.4, -0.2) is 61.9 Å². The Balaban J connectivity index is 2.13. The van der Waals surface area contributed by atoms with E-state index in [1.165, 1.54) is 7.05 Å². The predicted octanol–water partition coefficient (Wildman–Crippen LogP) is 1.95. The van der Waals surface area contributed by atoms with Gasteiger partial charge in [-0.3, -0.25) is 4.79 Å². The SMILES string of the molecule is Cc1ccc(S(=O)(=O)N(C)CC(=O)N2CC(C)OC(C)(C)C2)cc1C. The quantitative estimate of drug-likeness (QED) is 0.815. The maximum absolute atomic E-state index is 12.7. The van der Waals surface area contributed by atoms with Crippen LogP contribution in [0.1, 0.15) is 31.9 Å². The van der Waals surface area contributed by atoms with E-state index in [0.29, 0.717) is 13.1 Å². The van der Waals surface area contributed by atoms with Crippen molar-refractivity contribution in [2.45, 2.75) is 51.2 Å². The molecule has 0 saturated carbocycles. The molecule has 1 fully saturated rings. The summed E-state index contributed by atoms with van der Waals surface area (Å²) in [5.74, 6) is -0.210. The molecule has 1 aliphatic rings. The number of hydrogen-bond donors (Lipinski definition) is 0. The van der Waals surface area contributed by atoms with E-state index in [9.17, 15) is 13.2 Å². The van der Waals surface area contributed by atoms with Gasteiger partial charge in [-0.2, -0.15) is 4.31 Å². The first-order valence-corrected chi connectivity index (χ1v) is 9.85.